The summed E-state index contributed by atoms with van der Waals surface area (Å²) in [5.74, 6) is 0. The number of rotatable bonds is 5. The van der Waals surface area contributed by atoms with E-state index in [9.17, 15) is 9.59 Å². The Labute approximate surface area is 98.8 Å². The van der Waals surface area contributed by atoms with Crippen molar-refractivity contribution in [3.8, 4) is 0 Å². The molecule has 16 heavy (non-hydrogen) atoms. The lowest BCUT2D eigenvalue weighted by Crippen LogP contribution is -1.67. The predicted octanol–water partition coefficient (Wildman–Crippen LogP) is 3.30. The Balaban J connectivity index is 1.96. The molecule has 0 aliphatic rings. The second kappa shape index (κ2) is 5.09. The van der Waals surface area contributed by atoms with Crippen LogP contribution in [-0.2, 0) is 0 Å². The van der Waals surface area contributed by atoms with Gasteiger partial charge in [0.2, 0.25) is 0 Å². The van der Waals surface area contributed by atoms with Crippen LogP contribution in [0.5, 0.6) is 0 Å². The summed E-state index contributed by atoms with van der Waals surface area (Å²) in [7, 11) is 2.63. The first-order chi connectivity index (χ1) is 7.81. The molecular weight excluding hydrogens is 248 g/mol. The van der Waals surface area contributed by atoms with Gasteiger partial charge in [-0.05, 0) is 21.6 Å². The van der Waals surface area contributed by atoms with E-state index in [2.05, 4.69) is 0 Å². The summed E-state index contributed by atoms with van der Waals surface area (Å²) >= 11 is 0. The molecule has 0 fully saturated rings. The maximum atomic E-state index is 10.4. The molecule has 2 aromatic heterocycles. The van der Waals surface area contributed by atoms with Crippen molar-refractivity contribution < 1.29 is 18.4 Å². The van der Waals surface area contributed by atoms with Crippen molar-refractivity contribution in [2.75, 3.05) is 0 Å². The summed E-state index contributed by atoms with van der Waals surface area (Å²) in [5, 5.41) is 1.22. The third kappa shape index (κ3) is 2.59. The average molecular weight is 254 g/mol. The fraction of sp³-hybridized carbons (Fsp3) is 0. The molecule has 82 valence electrons. The largest absolute Gasteiger partial charge is 0.457 e. The Morgan fingerprint density at radius 1 is 0.875 bits per heavy atom. The molecule has 0 N–H and O–H groups in total. The lowest BCUT2D eigenvalue weighted by atomic mass is 10.4. The summed E-state index contributed by atoms with van der Waals surface area (Å²) in [6.45, 7) is 0. The Morgan fingerprint density at radius 2 is 1.31 bits per heavy atom. The van der Waals surface area contributed by atoms with E-state index in [-0.39, 0.29) is 0 Å². The zero-order valence-corrected chi connectivity index (χ0v) is 9.55. The van der Waals surface area contributed by atoms with Crippen LogP contribution in [0.4, 0.5) is 0 Å². The summed E-state index contributed by atoms with van der Waals surface area (Å²) in [6, 6.07) is 3.27. The van der Waals surface area contributed by atoms with Gasteiger partial charge in [-0.2, -0.15) is 0 Å². The molecule has 2 aromatic rings. The van der Waals surface area contributed by atoms with Crippen LogP contribution in [-0.4, -0.2) is 12.6 Å². The first-order valence-electron chi connectivity index (χ1n) is 4.24. The zero-order valence-electron chi connectivity index (χ0n) is 7.91. The van der Waals surface area contributed by atoms with Crippen molar-refractivity contribution in [1.29, 1.82) is 0 Å². The van der Waals surface area contributed by atoms with E-state index < -0.39 is 0 Å². The van der Waals surface area contributed by atoms with E-state index in [1.54, 1.807) is 12.1 Å². The van der Waals surface area contributed by atoms with E-state index >= 15 is 0 Å². The molecule has 0 amide bonds. The second-order valence-corrected chi connectivity index (χ2v) is 4.94. The van der Waals surface area contributed by atoms with Gasteiger partial charge in [-0.3, -0.25) is 9.59 Å². The van der Waals surface area contributed by atoms with Crippen LogP contribution in [0.2, 0.25) is 0 Å². The number of carbonyl (C=O) groups excluding carboxylic acids is 2. The van der Waals surface area contributed by atoms with Gasteiger partial charge in [0.25, 0.3) is 0 Å². The molecule has 0 saturated heterocycles. The van der Waals surface area contributed by atoms with Gasteiger partial charge in [-0.25, -0.2) is 0 Å². The molecule has 0 spiro atoms. The molecular formula is C10H6O4S2. The summed E-state index contributed by atoms with van der Waals surface area (Å²) in [5.41, 5.74) is 0.993. The Morgan fingerprint density at radius 3 is 1.62 bits per heavy atom. The van der Waals surface area contributed by atoms with E-state index in [1.165, 1.54) is 34.1 Å². The minimum absolute atomic E-state index is 0.496. The highest BCUT2D eigenvalue weighted by Crippen LogP contribution is 2.38. The van der Waals surface area contributed by atoms with Gasteiger partial charge in [-0.1, -0.05) is 0 Å². The lowest BCUT2D eigenvalue weighted by Gasteiger charge is -1.91. The summed E-state index contributed by atoms with van der Waals surface area (Å²) in [4.78, 5) is 20.8. The SMILES string of the molecule is O=Cc1coc(SSc2cc(C=O)co2)c1. The number of carbonyl (C=O) groups is 2. The average Bonchev–Trinajstić information content (AvgIpc) is 2.95. The van der Waals surface area contributed by atoms with E-state index in [1.807, 2.05) is 0 Å². The maximum Gasteiger partial charge on any atom is 0.171 e. The van der Waals surface area contributed by atoms with Crippen molar-refractivity contribution in [2.45, 2.75) is 10.2 Å². The predicted molar refractivity (Wildman–Crippen MR) is 59.9 cm³/mol. The number of hydrogen-bond donors (Lipinski definition) is 0. The smallest absolute Gasteiger partial charge is 0.171 e. The third-order valence-corrected chi connectivity index (χ3v) is 3.75. The fourth-order valence-electron chi connectivity index (χ4n) is 0.954. The quantitative estimate of drug-likeness (QED) is 0.602. The molecule has 6 heteroatoms. The lowest BCUT2D eigenvalue weighted by molar-refractivity contribution is 0.111. The molecule has 2 heterocycles. The molecule has 0 saturated carbocycles. The highest BCUT2D eigenvalue weighted by molar-refractivity contribution is 8.76. The molecule has 4 nitrogen and oxygen atoms in total. The molecule has 0 radical (unpaired) electrons. The molecule has 0 atom stereocenters. The van der Waals surface area contributed by atoms with Gasteiger partial charge in [0.1, 0.15) is 12.5 Å². The number of aldehydes is 2. The topological polar surface area (TPSA) is 60.4 Å². The third-order valence-electron chi connectivity index (χ3n) is 1.67. The van der Waals surface area contributed by atoms with Crippen molar-refractivity contribution in [3.05, 3.63) is 35.8 Å². The number of hydrogen-bond acceptors (Lipinski definition) is 6. The van der Waals surface area contributed by atoms with Gasteiger partial charge in [0, 0.05) is 12.1 Å². The molecule has 0 aromatic carbocycles. The molecule has 2 rings (SSSR count). The Kier molecular flexibility index (Phi) is 3.53. The summed E-state index contributed by atoms with van der Waals surface area (Å²) < 4.78 is 10.2. The monoisotopic (exact) mass is 254 g/mol. The first kappa shape index (κ1) is 11.1. The Bertz CT molecular complexity index is 454. The van der Waals surface area contributed by atoms with Crippen molar-refractivity contribution in [1.82, 2.24) is 0 Å². The van der Waals surface area contributed by atoms with Crippen molar-refractivity contribution >= 4 is 34.2 Å². The molecule has 0 bridgehead atoms. The summed E-state index contributed by atoms with van der Waals surface area (Å²) in [6.07, 6.45) is 4.20. The minimum Gasteiger partial charge on any atom is -0.457 e. The normalized spacial score (nSPS) is 10.2. The van der Waals surface area contributed by atoms with E-state index in [4.69, 9.17) is 8.83 Å². The highest BCUT2D eigenvalue weighted by Gasteiger charge is 2.06. The van der Waals surface area contributed by atoms with Crippen LogP contribution in [0.25, 0.3) is 0 Å². The maximum absolute atomic E-state index is 10.4. The van der Waals surface area contributed by atoms with Gasteiger partial charge in [0.05, 0.1) is 11.1 Å². The molecule has 0 aliphatic heterocycles. The van der Waals surface area contributed by atoms with E-state index in [0.717, 1.165) is 12.6 Å². The molecule has 0 aliphatic carbocycles. The van der Waals surface area contributed by atoms with Crippen LogP contribution < -0.4 is 0 Å². The second-order valence-electron chi connectivity index (χ2n) is 2.80. The number of furan rings is 2. The highest BCUT2D eigenvalue weighted by atomic mass is 33.1. The minimum atomic E-state index is 0.496. The van der Waals surface area contributed by atoms with E-state index in [0.29, 0.717) is 21.3 Å². The van der Waals surface area contributed by atoms with Crippen molar-refractivity contribution in [3.63, 3.8) is 0 Å². The Hall–Kier alpha value is -1.40. The standard InChI is InChI=1S/C10H6O4S2/c11-3-7-1-9(13-5-7)15-16-10-2-8(4-12)6-14-10/h1-6H. The van der Waals surface area contributed by atoms with Gasteiger partial charge in [0.15, 0.2) is 22.8 Å². The van der Waals surface area contributed by atoms with Gasteiger partial charge < -0.3 is 8.83 Å². The van der Waals surface area contributed by atoms with Crippen LogP contribution in [0.15, 0.2) is 43.7 Å². The molecule has 0 unspecified atom stereocenters. The van der Waals surface area contributed by atoms with Crippen LogP contribution in [0.3, 0.4) is 0 Å². The van der Waals surface area contributed by atoms with Crippen LogP contribution in [0.1, 0.15) is 20.7 Å². The van der Waals surface area contributed by atoms with Crippen LogP contribution >= 0.6 is 21.6 Å². The van der Waals surface area contributed by atoms with Crippen LogP contribution in [0, 0.1) is 0 Å². The van der Waals surface area contributed by atoms with Gasteiger partial charge in [-0.15, -0.1) is 0 Å². The fourth-order valence-corrected chi connectivity index (χ4v) is 2.68. The first-order valence-corrected chi connectivity index (χ1v) is 6.39. The van der Waals surface area contributed by atoms with Crippen molar-refractivity contribution in [2.24, 2.45) is 0 Å². The zero-order chi connectivity index (χ0) is 11.4. The van der Waals surface area contributed by atoms with Gasteiger partial charge >= 0.3 is 0 Å².